The van der Waals surface area contributed by atoms with Crippen molar-refractivity contribution in [3.63, 3.8) is 0 Å². The third kappa shape index (κ3) is 6.64. The number of nitrogens with zero attached hydrogens (tertiary/aromatic N) is 6. The number of aliphatic carboxylic acids is 1. The molecule has 5 rings (SSSR count). The number of halogens is 3. The SMILES string of the molecule is COc1cccc(-c2ccc3nc(C4CCN(Cc5cnn(C)c5)CC4)nn3c2)c1.O=C(O)C(F)(F)F. The van der Waals surface area contributed by atoms with Crippen molar-refractivity contribution < 1.29 is 27.8 Å². The third-order valence-electron chi connectivity index (χ3n) is 6.11. The summed E-state index contributed by atoms with van der Waals surface area (Å²) in [7, 11) is 3.65. The van der Waals surface area contributed by atoms with Crippen molar-refractivity contribution in [2.75, 3.05) is 20.2 Å². The zero-order valence-corrected chi connectivity index (χ0v) is 20.4. The first-order valence-electron chi connectivity index (χ1n) is 11.6. The molecule has 1 fully saturated rings. The predicted octanol–water partition coefficient (Wildman–Crippen LogP) is 4.15. The van der Waals surface area contributed by atoms with Gasteiger partial charge >= 0.3 is 12.1 Å². The monoisotopic (exact) mass is 516 g/mol. The lowest BCUT2D eigenvalue weighted by molar-refractivity contribution is -0.192. The van der Waals surface area contributed by atoms with Crippen LogP contribution in [0.3, 0.4) is 0 Å². The van der Waals surface area contributed by atoms with Crippen LogP contribution in [0.4, 0.5) is 13.2 Å². The highest BCUT2D eigenvalue weighted by molar-refractivity contribution is 5.73. The number of piperidine rings is 1. The number of aromatic nitrogens is 5. The second-order valence-electron chi connectivity index (χ2n) is 8.80. The van der Waals surface area contributed by atoms with Gasteiger partial charge in [0.1, 0.15) is 5.75 Å². The van der Waals surface area contributed by atoms with Crippen LogP contribution in [0.1, 0.15) is 30.1 Å². The van der Waals surface area contributed by atoms with E-state index in [1.165, 1.54) is 5.56 Å². The number of likely N-dealkylation sites (tertiary alicyclic amines) is 1. The number of aryl methyl sites for hydroxylation is 1. The van der Waals surface area contributed by atoms with Crippen LogP contribution in [0.25, 0.3) is 16.8 Å². The Balaban J connectivity index is 0.000000405. The fourth-order valence-electron chi connectivity index (χ4n) is 4.21. The minimum Gasteiger partial charge on any atom is -0.497 e. The first-order valence-corrected chi connectivity index (χ1v) is 11.6. The standard InChI is InChI=1S/C23H26N6O.C2HF3O2/c1-27-14-17(13-24-27)15-28-10-8-18(9-11-28)23-25-22-7-6-20(16-29(22)26-23)19-4-3-5-21(12-19)30-2;3-2(4,5)1(6)7/h3-7,12-14,16,18H,8-11,15H2,1-2H3;(H,6,7). The zero-order chi connectivity index (χ0) is 26.6. The molecule has 0 amide bonds. The van der Waals surface area contributed by atoms with Gasteiger partial charge in [0.25, 0.3) is 0 Å². The Hall–Kier alpha value is -3.93. The Bertz CT molecular complexity index is 1360. The highest BCUT2D eigenvalue weighted by Gasteiger charge is 2.38. The number of hydrogen-bond acceptors (Lipinski definition) is 6. The summed E-state index contributed by atoms with van der Waals surface area (Å²) in [5.41, 5.74) is 4.38. The van der Waals surface area contributed by atoms with Crippen molar-refractivity contribution in [3.05, 3.63) is 66.4 Å². The van der Waals surface area contributed by atoms with E-state index in [4.69, 9.17) is 24.7 Å². The summed E-state index contributed by atoms with van der Waals surface area (Å²) in [5.74, 6) is -0.536. The van der Waals surface area contributed by atoms with Gasteiger partial charge in [-0.3, -0.25) is 9.58 Å². The molecule has 0 radical (unpaired) electrons. The molecule has 196 valence electrons. The van der Waals surface area contributed by atoms with Crippen molar-refractivity contribution >= 4 is 11.6 Å². The van der Waals surface area contributed by atoms with Gasteiger partial charge in [-0.2, -0.15) is 23.4 Å². The van der Waals surface area contributed by atoms with Crippen LogP contribution in [0.5, 0.6) is 5.75 Å². The van der Waals surface area contributed by atoms with Crippen LogP contribution < -0.4 is 4.74 Å². The van der Waals surface area contributed by atoms with Crippen molar-refractivity contribution in [2.24, 2.45) is 7.05 Å². The molecule has 0 saturated carbocycles. The number of carboxylic acid groups (broad SMARTS) is 1. The van der Waals surface area contributed by atoms with E-state index in [0.717, 1.165) is 60.8 Å². The molecule has 9 nitrogen and oxygen atoms in total. The minimum absolute atomic E-state index is 0.412. The van der Waals surface area contributed by atoms with Crippen LogP contribution in [0, 0.1) is 0 Å². The Labute approximate surface area is 211 Å². The summed E-state index contributed by atoms with van der Waals surface area (Å²) in [6.07, 6.45) is 3.18. The van der Waals surface area contributed by atoms with Gasteiger partial charge in [-0.1, -0.05) is 12.1 Å². The first kappa shape index (κ1) is 26.1. The Morgan fingerprint density at radius 3 is 2.49 bits per heavy atom. The van der Waals surface area contributed by atoms with E-state index in [2.05, 4.69) is 34.5 Å². The normalized spacial score (nSPS) is 14.8. The molecular weight excluding hydrogens is 489 g/mol. The molecule has 12 heteroatoms. The van der Waals surface area contributed by atoms with Gasteiger partial charge in [-0.15, -0.1) is 0 Å². The van der Waals surface area contributed by atoms with Crippen LogP contribution in [0.15, 0.2) is 55.0 Å². The fourth-order valence-corrected chi connectivity index (χ4v) is 4.21. The molecule has 37 heavy (non-hydrogen) atoms. The average Bonchev–Trinajstić information content (AvgIpc) is 3.49. The molecule has 4 heterocycles. The van der Waals surface area contributed by atoms with E-state index in [0.29, 0.717) is 5.92 Å². The fraction of sp³-hybridized carbons (Fsp3) is 0.360. The van der Waals surface area contributed by atoms with E-state index in [-0.39, 0.29) is 0 Å². The van der Waals surface area contributed by atoms with E-state index < -0.39 is 12.1 Å². The van der Waals surface area contributed by atoms with Gasteiger partial charge in [0.05, 0.1) is 13.3 Å². The summed E-state index contributed by atoms with van der Waals surface area (Å²) >= 11 is 0. The van der Waals surface area contributed by atoms with E-state index >= 15 is 0 Å². The zero-order valence-electron chi connectivity index (χ0n) is 20.4. The second-order valence-corrected chi connectivity index (χ2v) is 8.80. The van der Waals surface area contributed by atoms with Crippen LogP contribution in [-0.2, 0) is 18.4 Å². The van der Waals surface area contributed by atoms with E-state index in [1.54, 1.807) is 7.11 Å². The van der Waals surface area contributed by atoms with Crippen molar-refractivity contribution in [2.45, 2.75) is 31.5 Å². The maximum atomic E-state index is 10.6. The number of hydrogen-bond donors (Lipinski definition) is 1. The van der Waals surface area contributed by atoms with Crippen molar-refractivity contribution in [1.82, 2.24) is 29.3 Å². The topological polar surface area (TPSA) is 97.8 Å². The number of fused-ring (bicyclic) bond motifs is 1. The molecule has 4 aromatic rings. The van der Waals surface area contributed by atoms with Gasteiger partial charge in [0.2, 0.25) is 0 Å². The minimum atomic E-state index is -5.08. The number of alkyl halides is 3. The summed E-state index contributed by atoms with van der Waals surface area (Å²) in [6.45, 7) is 3.08. The number of benzene rings is 1. The molecule has 1 saturated heterocycles. The number of carboxylic acids is 1. The number of rotatable bonds is 5. The second kappa shape index (κ2) is 11.0. The summed E-state index contributed by atoms with van der Waals surface area (Å²) in [5, 5.41) is 16.2. The lowest BCUT2D eigenvalue weighted by Gasteiger charge is -2.30. The molecule has 0 unspecified atom stereocenters. The predicted molar refractivity (Wildman–Crippen MR) is 129 cm³/mol. The molecule has 1 aliphatic heterocycles. The maximum absolute atomic E-state index is 10.6. The number of ether oxygens (including phenoxy) is 1. The van der Waals surface area contributed by atoms with E-state index in [9.17, 15) is 13.2 Å². The quantitative estimate of drug-likeness (QED) is 0.426. The van der Waals surface area contributed by atoms with Crippen molar-refractivity contribution in [3.8, 4) is 16.9 Å². The lowest BCUT2D eigenvalue weighted by atomic mass is 9.96. The van der Waals surface area contributed by atoms with Gasteiger partial charge in [-0.05, 0) is 55.8 Å². The Morgan fingerprint density at radius 2 is 1.86 bits per heavy atom. The number of carbonyl (C=O) groups is 1. The van der Waals surface area contributed by atoms with Gasteiger partial charge in [0, 0.05) is 43.0 Å². The molecule has 1 aliphatic rings. The summed E-state index contributed by atoms with van der Waals surface area (Å²) in [4.78, 5) is 16.2. The van der Waals surface area contributed by atoms with Crippen LogP contribution >= 0.6 is 0 Å². The van der Waals surface area contributed by atoms with Gasteiger partial charge in [-0.25, -0.2) is 14.3 Å². The van der Waals surface area contributed by atoms with Crippen LogP contribution in [-0.4, -0.2) is 66.7 Å². The number of pyridine rings is 1. The van der Waals surface area contributed by atoms with Crippen LogP contribution in [0.2, 0.25) is 0 Å². The molecule has 3 aromatic heterocycles. The summed E-state index contributed by atoms with van der Waals surface area (Å²) in [6, 6.07) is 12.2. The Kier molecular flexibility index (Phi) is 7.77. The Morgan fingerprint density at radius 1 is 1.14 bits per heavy atom. The van der Waals surface area contributed by atoms with Gasteiger partial charge < -0.3 is 9.84 Å². The van der Waals surface area contributed by atoms with Gasteiger partial charge in [0.15, 0.2) is 11.5 Å². The highest BCUT2D eigenvalue weighted by Crippen LogP contribution is 2.28. The molecule has 0 bridgehead atoms. The largest absolute Gasteiger partial charge is 0.497 e. The molecule has 0 aliphatic carbocycles. The molecule has 0 atom stereocenters. The first-order chi connectivity index (χ1) is 17.6. The molecular formula is C25H27F3N6O3. The number of methoxy groups -OCH3 is 1. The van der Waals surface area contributed by atoms with E-state index in [1.807, 2.05) is 46.7 Å². The third-order valence-corrected chi connectivity index (χ3v) is 6.11. The molecule has 1 N–H and O–H groups in total. The smallest absolute Gasteiger partial charge is 0.490 e. The highest BCUT2D eigenvalue weighted by atomic mass is 19.4. The molecule has 1 aromatic carbocycles. The lowest BCUT2D eigenvalue weighted by Crippen LogP contribution is -2.32. The summed E-state index contributed by atoms with van der Waals surface area (Å²) < 4.78 is 40.9. The average molecular weight is 517 g/mol. The maximum Gasteiger partial charge on any atom is 0.490 e. The molecule has 0 spiro atoms. The van der Waals surface area contributed by atoms with Crippen molar-refractivity contribution in [1.29, 1.82) is 0 Å².